The minimum atomic E-state index is -0.272. The number of nitrogens with zero attached hydrogens (tertiary/aromatic N) is 1. The number of halogens is 1. The maximum atomic E-state index is 13.3. The first-order valence-corrected chi connectivity index (χ1v) is 6.17. The summed E-state index contributed by atoms with van der Waals surface area (Å²) in [6.45, 7) is 3.87. The lowest BCUT2D eigenvalue weighted by Crippen LogP contribution is -2.13. The molecule has 0 spiro atoms. The molecule has 19 heavy (non-hydrogen) atoms. The second-order valence-corrected chi connectivity index (χ2v) is 4.43. The molecule has 1 unspecified atom stereocenters. The van der Waals surface area contributed by atoms with E-state index in [0.717, 1.165) is 11.3 Å². The van der Waals surface area contributed by atoms with Gasteiger partial charge in [0.05, 0.1) is 6.20 Å². The Morgan fingerprint density at radius 3 is 2.68 bits per heavy atom. The Labute approximate surface area is 112 Å². The third-order valence-electron chi connectivity index (χ3n) is 2.98. The zero-order chi connectivity index (χ0) is 13.8. The number of aromatic nitrogens is 1. The van der Waals surface area contributed by atoms with Crippen LogP contribution in [0.3, 0.4) is 0 Å². The van der Waals surface area contributed by atoms with E-state index in [0.29, 0.717) is 11.5 Å². The fraction of sp³-hybridized carbons (Fsp3) is 0.267. The Morgan fingerprint density at radius 1 is 1.26 bits per heavy atom. The van der Waals surface area contributed by atoms with Crippen molar-refractivity contribution in [1.29, 1.82) is 0 Å². The molecule has 2 aromatic rings. The molecule has 0 fully saturated rings. The molecule has 2 rings (SSSR count). The molecule has 1 aromatic heterocycles. The zero-order valence-electron chi connectivity index (χ0n) is 11.3. The van der Waals surface area contributed by atoms with Gasteiger partial charge in [-0.05, 0) is 51.2 Å². The Bertz CT molecular complexity index is 555. The standard InChI is InChI=1S/C15H17FN2O/c1-10-4-6-13(9-18-10)19-15-7-5-12(16)8-14(15)11(2)17-3/h4-9,11,17H,1-3H3. The number of rotatable bonds is 4. The first-order chi connectivity index (χ1) is 9.10. The molecule has 0 bridgehead atoms. The van der Waals surface area contributed by atoms with Crippen molar-refractivity contribution in [3.63, 3.8) is 0 Å². The SMILES string of the molecule is CNC(C)c1cc(F)ccc1Oc1ccc(C)nc1. The van der Waals surface area contributed by atoms with Crippen LogP contribution in [-0.2, 0) is 0 Å². The molecule has 4 heteroatoms. The van der Waals surface area contributed by atoms with Crippen LogP contribution in [0.4, 0.5) is 4.39 Å². The van der Waals surface area contributed by atoms with Crippen LogP contribution in [0.1, 0.15) is 24.2 Å². The predicted octanol–water partition coefficient (Wildman–Crippen LogP) is 3.60. The molecule has 0 amide bonds. The third-order valence-corrected chi connectivity index (χ3v) is 2.98. The summed E-state index contributed by atoms with van der Waals surface area (Å²) in [7, 11) is 1.83. The molecule has 100 valence electrons. The summed E-state index contributed by atoms with van der Waals surface area (Å²) in [5.41, 5.74) is 1.71. The minimum Gasteiger partial charge on any atom is -0.455 e. The largest absolute Gasteiger partial charge is 0.455 e. The molecule has 0 radical (unpaired) electrons. The summed E-state index contributed by atoms with van der Waals surface area (Å²) in [5.74, 6) is 1.00. The van der Waals surface area contributed by atoms with Crippen LogP contribution in [-0.4, -0.2) is 12.0 Å². The number of ether oxygens (including phenoxy) is 1. The molecule has 1 heterocycles. The summed E-state index contributed by atoms with van der Waals surface area (Å²) < 4.78 is 19.1. The lowest BCUT2D eigenvalue weighted by Gasteiger charge is -2.16. The molecule has 0 aliphatic rings. The fourth-order valence-corrected chi connectivity index (χ4v) is 1.75. The van der Waals surface area contributed by atoms with Crippen LogP contribution in [0, 0.1) is 12.7 Å². The van der Waals surface area contributed by atoms with Crippen molar-refractivity contribution in [3.8, 4) is 11.5 Å². The quantitative estimate of drug-likeness (QED) is 0.912. The first kappa shape index (κ1) is 13.5. The van der Waals surface area contributed by atoms with E-state index in [9.17, 15) is 4.39 Å². The van der Waals surface area contributed by atoms with E-state index >= 15 is 0 Å². The highest BCUT2D eigenvalue weighted by molar-refractivity contribution is 5.39. The summed E-state index contributed by atoms with van der Waals surface area (Å²) in [5, 5.41) is 3.08. The third kappa shape index (κ3) is 3.29. The fourth-order valence-electron chi connectivity index (χ4n) is 1.75. The normalized spacial score (nSPS) is 12.2. The molecule has 0 saturated carbocycles. The van der Waals surface area contributed by atoms with Gasteiger partial charge >= 0.3 is 0 Å². The van der Waals surface area contributed by atoms with Crippen LogP contribution < -0.4 is 10.1 Å². The van der Waals surface area contributed by atoms with Gasteiger partial charge in [0.2, 0.25) is 0 Å². The van der Waals surface area contributed by atoms with Crippen LogP contribution in [0.5, 0.6) is 11.5 Å². The van der Waals surface area contributed by atoms with Gasteiger partial charge in [0.15, 0.2) is 0 Å². The summed E-state index contributed by atoms with van der Waals surface area (Å²) in [4.78, 5) is 4.17. The molecule has 0 aliphatic carbocycles. The van der Waals surface area contributed by atoms with Crippen molar-refractivity contribution in [2.45, 2.75) is 19.9 Å². The molecule has 3 nitrogen and oxygen atoms in total. The number of benzene rings is 1. The second kappa shape index (κ2) is 5.80. The number of hydrogen-bond donors (Lipinski definition) is 1. The highest BCUT2D eigenvalue weighted by atomic mass is 19.1. The van der Waals surface area contributed by atoms with E-state index in [1.807, 2.05) is 33.0 Å². The maximum absolute atomic E-state index is 13.3. The number of hydrogen-bond acceptors (Lipinski definition) is 3. The van der Waals surface area contributed by atoms with E-state index in [1.54, 1.807) is 12.3 Å². The van der Waals surface area contributed by atoms with Crippen molar-refractivity contribution < 1.29 is 9.13 Å². The van der Waals surface area contributed by atoms with Crippen molar-refractivity contribution in [2.24, 2.45) is 0 Å². The maximum Gasteiger partial charge on any atom is 0.145 e. The van der Waals surface area contributed by atoms with Gasteiger partial charge in [0, 0.05) is 17.3 Å². The van der Waals surface area contributed by atoms with Crippen molar-refractivity contribution in [1.82, 2.24) is 10.3 Å². The molecule has 0 saturated heterocycles. The number of pyridine rings is 1. The van der Waals surface area contributed by atoms with Crippen molar-refractivity contribution in [2.75, 3.05) is 7.05 Å². The highest BCUT2D eigenvalue weighted by Crippen LogP contribution is 2.29. The molecular weight excluding hydrogens is 243 g/mol. The van der Waals surface area contributed by atoms with Crippen LogP contribution in [0.25, 0.3) is 0 Å². The van der Waals surface area contributed by atoms with Gasteiger partial charge in [0.1, 0.15) is 17.3 Å². The lowest BCUT2D eigenvalue weighted by atomic mass is 10.1. The summed E-state index contributed by atoms with van der Waals surface area (Å²) >= 11 is 0. The van der Waals surface area contributed by atoms with Gasteiger partial charge in [-0.15, -0.1) is 0 Å². The van der Waals surface area contributed by atoms with Crippen LogP contribution >= 0.6 is 0 Å². The van der Waals surface area contributed by atoms with E-state index in [-0.39, 0.29) is 11.9 Å². The monoisotopic (exact) mass is 260 g/mol. The van der Waals surface area contributed by atoms with E-state index in [4.69, 9.17) is 4.74 Å². The molecular formula is C15H17FN2O. The Morgan fingerprint density at radius 2 is 2.05 bits per heavy atom. The average molecular weight is 260 g/mol. The van der Waals surface area contributed by atoms with Gasteiger partial charge in [-0.2, -0.15) is 0 Å². The topological polar surface area (TPSA) is 34.1 Å². The van der Waals surface area contributed by atoms with Gasteiger partial charge in [0.25, 0.3) is 0 Å². The van der Waals surface area contributed by atoms with Gasteiger partial charge in [-0.25, -0.2) is 4.39 Å². The Balaban J connectivity index is 2.31. The molecule has 1 N–H and O–H groups in total. The lowest BCUT2D eigenvalue weighted by molar-refractivity contribution is 0.461. The Hall–Kier alpha value is -1.94. The van der Waals surface area contributed by atoms with Crippen LogP contribution in [0.2, 0.25) is 0 Å². The number of nitrogens with one attached hydrogen (secondary N) is 1. The van der Waals surface area contributed by atoms with E-state index < -0.39 is 0 Å². The predicted molar refractivity (Wildman–Crippen MR) is 72.9 cm³/mol. The smallest absolute Gasteiger partial charge is 0.145 e. The summed E-state index contributed by atoms with van der Waals surface area (Å²) in [6.07, 6.45) is 1.66. The second-order valence-electron chi connectivity index (χ2n) is 4.43. The van der Waals surface area contributed by atoms with Gasteiger partial charge in [-0.1, -0.05) is 0 Å². The minimum absolute atomic E-state index is 0.00380. The van der Waals surface area contributed by atoms with E-state index in [1.165, 1.54) is 12.1 Å². The number of aryl methyl sites for hydroxylation is 1. The molecule has 1 atom stereocenters. The summed E-state index contributed by atoms with van der Waals surface area (Å²) in [6, 6.07) is 8.24. The van der Waals surface area contributed by atoms with Crippen LogP contribution in [0.15, 0.2) is 36.5 Å². The van der Waals surface area contributed by atoms with Crippen molar-refractivity contribution >= 4 is 0 Å². The van der Waals surface area contributed by atoms with Gasteiger partial charge < -0.3 is 10.1 Å². The molecule has 1 aromatic carbocycles. The van der Waals surface area contributed by atoms with Crippen molar-refractivity contribution in [3.05, 3.63) is 53.6 Å². The first-order valence-electron chi connectivity index (χ1n) is 6.17. The molecule has 0 aliphatic heterocycles. The highest BCUT2D eigenvalue weighted by Gasteiger charge is 2.12. The van der Waals surface area contributed by atoms with E-state index in [2.05, 4.69) is 10.3 Å². The average Bonchev–Trinajstić information content (AvgIpc) is 2.42. The van der Waals surface area contributed by atoms with Gasteiger partial charge in [-0.3, -0.25) is 4.98 Å². The zero-order valence-corrected chi connectivity index (χ0v) is 11.3. The Kier molecular flexibility index (Phi) is 4.12.